The van der Waals surface area contributed by atoms with Gasteiger partial charge in [-0.1, -0.05) is 26.8 Å². The monoisotopic (exact) mass is 406 g/mol. The molecule has 2 nitrogen and oxygen atoms in total. The lowest BCUT2D eigenvalue weighted by atomic mass is 9.86. The highest BCUT2D eigenvalue weighted by molar-refractivity contribution is 7.55. The van der Waals surface area contributed by atoms with Crippen molar-refractivity contribution in [2.45, 2.75) is 33.1 Å². The number of hydrogen-bond acceptors (Lipinski definition) is 2. The minimum absolute atomic E-state index is 0.121. The van der Waals surface area contributed by atoms with Gasteiger partial charge < -0.3 is 9.47 Å². The van der Waals surface area contributed by atoms with E-state index in [0.29, 0.717) is 16.6 Å². The maximum atomic E-state index is 14.1. The molecule has 148 valence electrons. The summed E-state index contributed by atoms with van der Waals surface area (Å²) in [7, 11) is 0.576. The summed E-state index contributed by atoms with van der Waals surface area (Å²) < 4.78 is 79.0. The third-order valence-corrected chi connectivity index (χ3v) is 5.26. The van der Waals surface area contributed by atoms with Crippen LogP contribution < -0.4 is 15.3 Å². The minimum atomic E-state index is -2.17. The van der Waals surface area contributed by atoms with Crippen molar-refractivity contribution in [3.63, 3.8) is 0 Å². The summed E-state index contributed by atoms with van der Waals surface area (Å²) in [5.74, 6) is -9.46. The lowest BCUT2D eigenvalue weighted by Gasteiger charge is -2.23. The maximum absolute atomic E-state index is 14.1. The predicted octanol–water partition coefficient (Wildman–Crippen LogP) is 4.60. The van der Waals surface area contributed by atoms with Crippen LogP contribution in [0.1, 0.15) is 31.9 Å². The fraction of sp³-hybridized carbons (Fsp3) is 0.368. The zero-order chi connectivity index (χ0) is 20.5. The van der Waals surface area contributed by atoms with Crippen molar-refractivity contribution in [3.8, 4) is 5.75 Å². The minimum Gasteiger partial charge on any atom is -0.467 e. The van der Waals surface area contributed by atoms with E-state index in [9.17, 15) is 22.0 Å². The first kappa shape index (κ1) is 21.6. The molecule has 1 unspecified atom stereocenters. The van der Waals surface area contributed by atoms with Gasteiger partial charge in [-0.2, -0.15) is 0 Å². The van der Waals surface area contributed by atoms with E-state index in [2.05, 4.69) is 0 Å². The van der Waals surface area contributed by atoms with E-state index >= 15 is 0 Å². The zero-order valence-electron chi connectivity index (χ0n) is 15.6. The van der Waals surface area contributed by atoms with E-state index in [0.717, 1.165) is 5.56 Å². The molecule has 1 atom stereocenters. The second kappa shape index (κ2) is 8.11. The van der Waals surface area contributed by atoms with Crippen molar-refractivity contribution in [3.05, 3.63) is 52.3 Å². The van der Waals surface area contributed by atoms with Crippen molar-refractivity contribution in [1.29, 1.82) is 0 Å². The lowest BCUT2D eigenvalue weighted by molar-refractivity contribution is 0.0514. The summed E-state index contributed by atoms with van der Waals surface area (Å²) in [6, 6.07) is 3.52. The summed E-state index contributed by atoms with van der Waals surface area (Å²) in [5.41, 5.74) is 1.22. The smallest absolute Gasteiger partial charge is 0.200 e. The molecule has 0 heterocycles. The van der Waals surface area contributed by atoms with Gasteiger partial charge in [0.2, 0.25) is 5.82 Å². The normalized spacial score (nSPS) is 12.2. The molecular weight excluding hydrogens is 386 g/mol. The fourth-order valence-electron chi connectivity index (χ4n) is 2.46. The van der Waals surface area contributed by atoms with Crippen LogP contribution in [-0.2, 0) is 10.2 Å². The van der Waals surface area contributed by atoms with E-state index in [1.165, 1.54) is 7.11 Å². The standard InChI is InChI=1S/C19H20F5O2P/c1-9-6-10(19(2,3)4)7-11(17(9)26-8-25-5)27-18-15(23)13(21)12(20)14(22)16(18)24/h6-7,27H,8H2,1-5H3. The zero-order valence-corrected chi connectivity index (χ0v) is 16.6. The number of hydrogen-bond donors (Lipinski definition) is 0. The molecule has 0 aliphatic rings. The van der Waals surface area contributed by atoms with E-state index < -0.39 is 43.0 Å². The summed E-state index contributed by atoms with van der Waals surface area (Å²) >= 11 is 0. The molecule has 2 aromatic rings. The van der Waals surface area contributed by atoms with Gasteiger partial charge >= 0.3 is 0 Å². The van der Waals surface area contributed by atoms with E-state index in [-0.39, 0.29) is 12.2 Å². The van der Waals surface area contributed by atoms with Crippen molar-refractivity contribution >= 4 is 19.2 Å². The molecule has 0 radical (unpaired) electrons. The summed E-state index contributed by atoms with van der Waals surface area (Å²) in [6.07, 6.45) is 0. The lowest BCUT2D eigenvalue weighted by Crippen LogP contribution is -2.22. The molecule has 2 rings (SSSR count). The van der Waals surface area contributed by atoms with Crippen LogP contribution in [0.4, 0.5) is 22.0 Å². The molecule has 0 aromatic heterocycles. The summed E-state index contributed by atoms with van der Waals surface area (Å²) in [5, 5.41) is -0.542. The average molecular weight is 406 g/mol. The quantitative estimate of drug-likeness (QED) is 0.238. The number of methoxy groups -OCH3 is 1. The highest BCUT2D eigenvalue weighted by Crippen LogP contribution is 2.32. The van der Waals surface area contributed by atoms with Crippen LogP contribution in [0.3, 0.4) is 0 Å². The van der Waals surface area contributed by atoms with Crippen molar-refractivity contribution < 1.29 is 31.4 Å². The Morgan fingerprint density at radius 1 is 0.889 bits per heavy atom. The van der Waals surface area contributed by atoms with E-state index in [4.69, 9.17) is 9.47 Å². The van der Waals surface area contributed by atoms with Gasteiger partial charge in [-0.15, -0.1) is 0 Å². The summed E-state index contributed by atoms with van der Waals surface area (Å²) in [4.78, 5) is 0. The van der Waals surface area contributed by atoms with Crippen LogP contribution in [-0.4, -0.2) is 13.9 Å². The van der Waals surface area contributed by atoms with Gasteiger partial charge in [-0.05, 0) is 38.1 Å². The third-order valence-electron chi connectivity index (χ3n) is 3.93. The topological polar surface area (TPSA) is 18.5 Å². The first-order valence-corrected chi connectivity index (χ1v) is 9.04. The van der Waals surface area contributed by atoms with Crippen LogP contribution >= 0.6 is 8.58 Å². The second-order valence-electron chi connectivity index (χ2n) is 7.04. The van der Waals surface area contributed by atoms with E-state index in [1.807, 2.05) is 26.8 Å². The number of rotatable bonds is 5. The number of aryl methyl sites for hydroxylation is 1. The van der Waals surface area contributed by atoms with Crippen LogP contribution in [0.15, 0.2) is 12.1 Å². The highest BCUT2D eigenvalue weighted by Gasteiger charge is 2.27. The molecule has 0 saturated heterocycles. The van der Waals surface area contributed by atoms with Gasteiger partial charge in [0.05, 0.1) is 5.30 Å². The number of benzene rings is 2. The molecule has 0 aliphatic heterocycles. The fourth-order valence-corrected chi connectivity index (χ4v) is 3.78. The van der Waals surface area contributed by atoms with Gasteiger partial charge in [0.25, 0.3) is 0 Å². The van der Waals surface area contributed by atoms with Gasteiger partial charge in [0, 0.05) is 12.4 Å². The molecular formula is C19H20F5O2P. The Morgan fingerprint density at radius 2 is 1.41 bits per heavy atom. The molecule has 27 heavy (non-hydrogen) atoms. The van der Waals surface area contributed by atoms with Gasteiger partial charge in [-0.3, -0.25) is 0 Å². The molecule has 0 spiro atoms. The van der Waals surface area contributed by atoms with Crippen LogP contribution in [0.2, 0.25) is 0 Å². The molecule has 0 aliphatic carbocycles. The van der Waals surface area contributed by atoms with E-state index in [1.54, 1.807) is 13.0 Å². The van der Waals surface area contributed by atoms with Gasteiger partial charge in [0.1, 0.15) is 5.75 Å². The average Bonchev–Trinajstić information content (AvgIpc) is 2.60. The molecule has 8 heteroatoms. The molecule has 2 aromatic carbocycles. The van der Waals surface area contributed by atoms with Crippen LogP contribution in [0.5, 0.6) is 5.75 Å². The Hall–Kier alpha value is -1.72. The summed E-state index contributed by atoms with van der Waals surface area (Å²) in [6.45, 7) is 7.46. The van der Waals surface area contributed by atoms with Crippen molar-refractivity contribution in [2.24, 2.45) is 0 Å². The highest BCUT2D eigenvalue weighted by atomic mass is 31.1. The predicted molar refractivity (Wildman–Crippen MR) is 96.2 cm³/mol. The molecule has 0 amide bonds. The third kappa shape index (κ3) is 4.41. The number of ether oxygens (including phenoxy) is 2. The first-order chi connectivity index (χ1) is 12.5. The van der Waals surface area contributed by atoms with Gasteiger partial charge in [-0.25, -0.2) is 22.0 Å². The molecule has 0 bridgehead atoms. The first-order valence-electron chi connectivity index (χ1n) is 8.04. The van der Waals surface area contributed by atoms with Crippen LogP contribution in [0.25, 0.3) is 0 Å². The van der Waals surface area contributed by atoms with Crippen LogP contribution in [0, 0.1) is 36.0 Å². The Balaban J connectivity index is 2.66. The Bertz CT molecular complexity index is 833. The number of halogens is 5. The maximum Gasteiger partial charge on any atom is 0.200 e. The SMILES string of the molecule is COCOc1c(C)cc(C(C)(C)C)cc1Pc1c(F)c(F)c(F)c(F)c1F. The largest absolute Gasteiger partial charge is 0.467 e. The molecule has 0 fully saturated rings. The second-order valence-corrected chi connectivity index (χ2v) is 8.33. The van der Waals surface area contributed by atoms with Gasteiger partial charge in [0.15, 0.2) is 30.1 Å². The molecule has 0 saturated carbocycles. The Morgan fingerprint density at radius 3 is 1.89 bits per heavy atom. The van der Waals surface area contributed by atoms with Crippen molar-refractivity contribution in [1.82, 2.24) is 0 Å². The molecule has 0 N–H and O–H groups in total. The van der Waals surface area contributed by atoms with Crippen molar-refractivity contribution in [2.75, 3.05) is 13.9 Å². The Kier molecular flexibility index (Phi) is 6.48. The Labute approximate surface area is 156 Å².